The van der Waals surface area contributed by atoms with Crippen molar-refractivity contribution in [3.63, 3.8) is 0 Å². The Hall–Kier alpha value is -0.0500. The predicted octanol–water partition coefficient (Wildman–Crippen LogP) is 5.45. The fourth-order valence-corrected chi connectivity index (χ4v) is 4.03. The molecule has 0 bridgehead atoms. The van der Waals surface area contributed by atoms with E-state index in [9.17, 15) is 4.79 Å². The van der Waals surface area contributed by atoms with E-state index in [2.05, 4.69) is 6.92 Å². The first-order chi connectivity index (χ1) is 8.11. The Morgan fingerprint density at radius 2 is 2.00 bits per heavy atom. The maximum Gasteiger partial charge on any atom is 0.168 e. The molecule has 4 heteroatoms. The van der Waals surface area contributed by atoms with Crippen LogP contribution in [0.5, 0.6) is 0 Å². The highest BCUT2D eigenvalue weighted by Gasteiger charge is 2.28. The van der Waals surface area contributed by atoms with Gasteiger partial charge < -0.3 is 0 Å². The third-order valence-electron chi connectivity index (χ3n) is 3.72. The number of halogens is 2. The van der Waals surface area contributed by atoms with Gasteiger partial charge in [-0.1, -0.05) is 36.5 Å². The molecule has 0 saturated heterocycles. The molecule has 0 unspecified atom stereocenters. The van der Waals surface area contributed by atoms with Gasteiger partial charge in [-0.25, -0.2) is 0 Å². The zero-order valence-electron chi connectivity index (χ0n) is 9.84. The van der Waals surface area contributed by atoms with Crippen molar-refractivity contribution in [1.29, 1.82) is 0 Å². The Morgan fingerprint density at radius 3 is 2.47 bits per heavy atom. The molecule has 1 aliphatic rings. The molecule has 0 aromatic carbocycles. The largest absolute Gasteiger partial charge is 0.294 e. The average Bonchev–Trinajstić information content (AvgIpc) is 2.68. The second kappa shape index (κ2) is 5.73. The van der Waals surface area contributed by atoms with Gasteiger partial charge in [-0.05, 0) is 37.7 Å². The van der Waals surface area contributed by atoms with Crippen molar-refractivity contribution < 1.29 is 4.79 Å². The van der Waals surface area contributed by atoms with Crippen molar-refractivity contribution in [1.82, 2.24) is 0 Å². The van der Waals surface area contributed by atoms with E-state index in [-0.39, 0.29) is 11.7 Å². The first kappa shape index (κ1) is 13.4. The summed E-state index contributed by atoms with van der Waals surface area (Å²) in [6.07, 6.45) is 5.57. The van der Waals surface area contributed by atoms with Gasteiger partial charge in [0.25, 0.3) is 0 Å². The molecule has 1 aromatic rings. The third kappa shape index (κ3) is 3.04. The van der Waals surface area contributed by atoms with Gasteiger partial charge in [0.2, 0.25) is 0 Å². The Labute approximate surface area is 116 Å². The lowest BCUT2D eigenvalue weighted by Crippen LogP contribution is -2.21. The van der Waals surface area contributed by atoms with Crippen LogP contribution in [0.3, 0.4) is 0 Å². The maximum absolute atomic E-state index is 12.3. The van der Waals surface area contributed by atoms with Crippen LogP contribution in [0.1, 0.15) is 49.4 Å². The van der Waals surface area contributed by atoms with E-state index >= 15 is 0 Å². The van der Waals surface area contributed by atoms with Crippen LogP contribution in [0.25, 0.3) is 0 Å². The van der Waals surface area contributed by atoms with E-state index in [1.807, 2.05) is 0 Å². The number of Topliss-reactive ketones (excluding diaryl/α,β-unsaturated/α-hetero) is 1. The van der Waals surface area contributed by atoms with E-state index in [1.54, 1.807) is 6.07 Å². The summed E-state index contributed by atoms with van der Waals surface area (Å²) in [7, 11) is 0. The third-order valence-corrected chi connectivity index (χ3v) is 5.20. The summed E-state index contributed by atoms with van der Waals surface area (Å²) in [4.78, 5) is 12.3. The van der Waals surface area contributed by atoms with Crippen molar-refractivity contribution in [2.45, 2.75) is 39.0 Å². The molecule has 0 atom stereocenters. The van der Waals surface area contributed by atoms with Crippen molar-refractivity contribution in [2.24, 2.45) is 11.8 Å². The summed E-state index contributed by atoms with van der Waals surface area (Å²) < 4.78 is 1.14. The van der Waals surface area contributed by atoms with E-state index in [0.29, 0.717) is 14.2 Å². The van der Waals surface area contributed by atoms with Crippen LogP contribution >= 0.6 is 34.5 Å². The fourth-order valence-electron chi connectivity index (χ4n) is 2.56. The molecule has 0 aliphatic heterocycles. The molecule has 1 aromatic heterocycles. The fraction of sp³-hybridized carbons (Fsp3) is 0.615. The highest BCUT2D eigenvalue weighted by atomic mass is 35.5. The van der Waals surface area contributed by atoms with Crippen LogP contribution < -0.4 is 0 Å². The number of ketones is 1. The molecule has 1 aliphatic carbocycles. The normalized spacial score (nSPS) is 24.9. The van der Waals surface area contributed by atoms with Gasteiger partial charge in [-0.2, -0.15) is 0 Å². The monoisotopic (exact) mass is 290 g/mol. The number of carbonyl (C=O) groups excluding carboxylic acids is 1. The summed E-state index contributed by atoms with van der Waals surface area (Å²) in [5, 5.41) is 0. The van der Waals surface area contributed by atoms with Gasteiger partial charge in [0, 0.05) is 11.5 Å². The van der Waals surface area contributed by atoms with Gasteiger partial charge in [-0.3, -0.25) is 4.79 Å². The van der Waals surface area contributed by atoms with Crippen molar-refractivity contribution in [2.75, 3.05) is 0 Å². The standard InChI is InChI=1S/C13H16Cl2OS/c1-2-8-3-5-9(6-4-8)12(16)10-7-11(14)17-13(10)15/h7-9H,2-6H2,1H3. The van der Waals surface area contributed by atoms with Gasteiger partial charge >= 0.3 is 0 Å². The Bertz CT molecular complexity index is 406. The van der Waals surface area contributed by atoms with Crippen molar-refractivity contribution >= 4 is 40.3 Å². The number of thiophene rings is 1. The van der Waals surface area contributed by atoms with Gasteiger partial charge in [0.1, 0.15) is 4.34 Å². The van der Waals surface area contributed by atoms with Crippen LogP contribution in [-0.2, 0) is 0 Å². The summed E-state index contributed by atoms with van der Waals surface area (Å²) in [5.74, 6) is 1.15. The summed E-state index contributed by atoms with van der Waals surface area (Å²) >= 11 is 13.2. The minimum Gasteiger partial charge on any atom is -0.294 e. The van der Waals surface area contributed by atoms with Crippen LogP contribution in [-0.4, -0.2) is 5.78 Å². The molecule has 17 heavy (non-hydrogen) atoms. The molecule has 0 spiro atoms. The Kier molecular flexibility index (Phi) is 4.51. The lowest BCUT2D eigenvalue weighted by Gasteiger charge is -2.26. The zero-order chi connectivity index (χ0) is 12.4. The summed E-state index contributed by atoms with van der Waals surface area (Å²) in [6.45, 7) is 2.22. The highest BCUT2D eigenvalue weighted by molar-refractivity contribution is 7.20. The number of rotatable bonds is 3. The molecule has 1 heterocycles. The van der Waals surface area contributed by atoms with E-state index in [1.165, 1.54) is 30.6 Å². The number of hydrogen-bond acceptors (Lipinski definition) is 2. The SMILES string of the molecule is CCC1CCC(C(=O)c2cc(Cl)sc2Cl)CC1. The molecule has 1 nitrogen and oxygen atoms in total. The zero-order valence-corrected chi connectivity index (χ0v) is 12.2. The molecule has 1 fully saturated rings. The van der Waals surface area contributed by atoms with Gasteiger partial charge in [-0.15, -0.1) is 11.3 Å². The van der Waals surface area contributed by atoms with Crippen LogP contribution in [0, 0.1) is 11.8 Å². The summed E-state index contributed by atoms with van der Waals surface area (Å²) in [6, 6.07) is 1.71. The highest BCUT2D eigenvalue weighted by Crippen LogP contribution is 2.37. The molecular formula is C13H16Cl2OS. The lowest BCUT2D eigenvalue weighted by atomic mass is 9.78. The average molecular weight is 291 g/mol. The molecule has 0 amide bonds. The predicted molar refractivity (Wildman–Crippen MR) is 74.4 cm³/mol. The van der Waals surface area contributed by atoms with Crippen molar-refractivity contribution in [3.05, 3.63) is 20.3 Å². The first-order valence-electron chi connectivity index (χ1n) is 6.10. The molecule has 0 radical (unpaired) electrons. The maximum atomic E-state index is 12.3. The second-order valence-electron chi connectivity index (χ2n) is 4.73. The quantitative estimate of drug-likeness (QED) is 0.676. The lowest BCUT2D eigenvalue weighted by molar-refractivity contribution is 0.0871. The number of hydrogen-bond donors (Lipinski definition) is 0. The smallest absolute Gasteiger partial charge is 0.168 e. The van der Waals surface area contributed by atoms with E-state index < -0.39 is 0 Å². The van der Waals surface area contributed by atoms with Crippen LogP contribution in [0.2, 0.25) is 8.67 Å². The van der Waals surface area contributed by atoms with Gasteiger partial charge in [0.15, 0.2) is 5.78 Å². The molecular weight excluding hydrogens is 275 g/mol. The molecule has 0 N–H and O–H groups in total. The molecule has 2 rings (SSSR count). The topological polar surface area (TPSA) is 17.1 Å². The van der Waals surface area contributed by atoms with E-state index in [0.717, 1.165) is 18.8 Å². The first-order valence-corrected chi connectivity index (χ1v) is 7.68. The second-order valence-corrected chi connectivity index (χ2v) is 7.01. The molecule has 94 valence electrons. The summed E-state index contributed by atoms with van der Waals surface area (Å²) in [5.41, 5.74) is 0.626. The van der Waals surface area contributed by atoms with Crippen molar-refractivity contribution in [3.8, 4) is 0 Å². The molecule has 1 saturated carbocycles. The Balaban J connectivity index is 2.04. The number of carbonyl (C=O) groups is 1. The van der Waals surface area contributed by atoms with Gasteiger partial charge in [0.05, 0.1) is 4.34 Å². The minimum atomic E-state index is 0.154. The van der Waals surface area contributed by atoms with E-state index in [4.69, 9.17) is 23.2 Å². The van der Waals surface area contributed by atoms with Crippen LogP contribution in [0.15, 0.2) is 6.07 Å². The van der Waals surface area contributed by atoms with Crippen LogP contribution in [0.4, 0.5) is 0 Å². The Morgan fingerprint density at radius 1 is 1.35 bits per heavy atom. The minimum absolute atomic E-state index is 0.154.